The van der Waals surface area contributed by atoms with Crippen LogP contribution in [0.2, 0.25) is 0 Å². The molecule has 128 valence electrons. The maximum absolute atomic E-state index is 12.6. The molecule has 1 aromatic heterocycles. The van der Waals surface area contributed by atoms with Gasteiger partial charge in [-0.05, 0) is 18.2 Å². The number of aromatic nitrogens is 1. The lowest BCUT2D eigenvalue weighted by Gasteiger charge is -2.29. The quantitative estimate of drug-likeness (QED) is 0.904. The topological polar surface area (TPSA) is 75.4 Å². The Morgan fingerprint density at radius 1 is 1.38 bits per heavy atom. The number of thioether (sulfide) groups is 1. The second-order valence-electron chi connectivity index (χ2n) is 6.95. The van der Waals surface area contributed by atoms with Crippen LogP contribution in [0.4, 0.5) is 5.69 Å². The Kier molecular flexibility index (Phi) is 4.29. The summed E-state index contributed by atoms with van der Waals surface area (Å²) in [5.41, 5.74) is 1.54. The van der Waals surface area contributed by atoms with Crippen molar-refractivity contribution in [3.05, 3.63) is 24.1 Å². The van der Waals surface area contributed by atoms with E-state index in [9.17, 15) is 9.59 Å². The standard InChI is InChI=1S/C17H21N3O3S/c1-10-18-12-7-11(5-6-14(12)23-10)19-15(21)13-8-24-9-20(13)16(22)17(2,3)4/h5-7,13H,8-9H2,1-4H3,(H,19,21). The van der Waals surface area contributed by atoms with Crippen molar-refractivity contribution < 1.29 is 14.0 Å². The van der Waals surface area contributed by atoms with Crippen molar-refractivity contribution in [2.24, 2.45) is 5.41 Å². The number of aryl methyl sites for hydroxylation is 1. The number of rotatable bonds is 2. The molecule has 0 saturated carbocycles. The largest absolute Gasteiger partial charge is 0.441 e. The highest BCUT2D eigenvalue weighted by Crippen LogP contribution is 2.28. The van der Waals surface area contributed by atoms with Crippen molar-refractivity contribution in [1.29, 1.82) is 0 Å². The molecular formula is C17H21N3O3S. The predicted octanol–water partition coefficient (Wildman–Crippen LogP) is 3.02. The van der Waals surface area contributed by atoms with E-state index in [1.54, 1.807) is 41.8 Å². The zero-order chi connectivity index (χ0) is 17.5. The molecule has 2 aromatic rings. The normalized spacial score (nSPS) is 18.2. The third kappa shape index (κ3) is 3.26. The third-order valence-corrected chi connectivity index (χ3v) is 4.86. The lowest BCUT2D eigenvalue weighted by atomic mass is 9.94. The summed E-state index contributed by atoms with van der Waals surface area (Å²) >= 11 is 1.60. The van der Waals surface area contributed by atoms with Crippen molar-refractivity contribution >= 4 is 40.4 Å². The summed E-state index contributed by atoms with van der Waals surface area (Å²) in [6.45, 7) is 7.39. The molecule has 1 aliphatic rings. The van der Waals surface area contributed by atoms with Crippen molar-refractivity contribution in [3.63, 3.8) is 0 Å². The lowest BCUT2D eigenvalue weighted by molar-refractivity contribution is -0.143. The minimum absolute atomic E-state index is 0.00442. The van der Waals surface area contributed by atoms with Crippen LogP contribution >= 0.6 is 11.8 Å². The van der Waals surface area contributed by atoms with Crippen LogP contribution in [-0.2, 0) is 9.59 Å². The van der Waals surface area contributed by atoms with E-state index in [0.717, 1.165) is 0 Å². The molecule has 0 spiro atoms. The number of carbonyl (C=O) groups is 2. The zero-order valence-electron chi connectivity index (χ0n) is 14.3. The van der Waals surface area contributed by atoms with Gasteiger partial charge in [0.1, 0.15) is 11.6 Å². The van der Waals surface area contributed by atoms with Gasteiger partial charge in [0, 0.05) is 23.8 Å². The van der Waals surface area contributed by atoms with Gasteiger partial charge < -0.3 is 14.6 Å². The molecule has 2 amide bonds. The van der Waals surface area contributed by atoms with Crippen LogP contribution in [0.25, 0.3) is 11.1 Å². The lowest BCUT2D eigenvalue weighted by Crippen LogP contribution is -2.48. The molecule has 3 rings (SSSR count). The van der Waals surface area contributed by atoms with Gasteiger partial charge in [0.15, 0.2) is 11.5 Å². The van der Waals surface area contributed by atoms with E-state index in [1.165, 1.54) is 0 Å². The number of hydrogen-bond acceptors (Lipinski definition) is 5. The number of fused-ring (bicyclic) bond motifs is 1. The Morgan fingerprint density at radius 3 is 2.83 bits per heavy atom. The van der Waals surface area contributed by atoms with Gasteiger partial charge in [0.25, 0.3) is 0 Å². The van der Waals surface area contributed by atoms with Gasteiger partial charge >= 0.3 is 0 Å². The fraction of sp³-hybridized carbons (Fsp3) is 0.471. The van der Waals surface area contributed by atoms with E-state index in [1.807, 2.05) is 20.8 Å². The summed E-state index contributed by atoms with van der Waals surface area (Å²) in [6, 6.07) is 4.90. The van der Waals surface area contributed by atoms with E-state index < -0.39 is 11.5 Å². The fourth-order valence-corrected chi connectivity index (χ4v) is 3.79. The van der Waals surface area contributed by atoms with Crippen LogP contribution in [0.3, 0.4) is 0 Å². The van der Waals surface area contributed by atoms with Gasteiger partial charge in [-0.15, -0.1) is 11.8 Å². The van der Waals surface area contributed by atoms with Crippen molar-refractivity contribution in [2.45, 2.75) is 33.7 Å². The van der Waals surface area contributed by atoms with Crippen LogP contribution in [0, 0.1) is 12.3 Å². The number of oxazole rings is 1. The molecule has 0 aliphatic carbocycles. The number of benzene rings is 1. The van der Waals surface area contributed by atoms with Crippen LogP contribution < -0.4 is 5.32 Å². The SMILES string of the molecule is Cc1nc2cc(NC(=O)C3CSCN3C(=O)C(C)(C)C)ccc2o1. The summed E-state index contributed by atoms with van der Waals surface area (Å²) in [5.74, 6) is 1.57. The summed E-state index contributed by atoms with van der Waals surface area (Å²) < 4.78 is 5.43. The van der Waals surface area contributed by atoms with Crippen molar-refractivity contribution in [3.8, 4) is 0 Å². The molecule has 1 aromatic carbocycles. The molecule has 1 atom stereocenters. The highest BCUT2D eigenvalue weighted by atomic mass is 32.2. The van der Waals surface area contributed by atoms with Gasteiger partial charge in [-0.2, -0.15) is 0 Å². The van der Waals surface area contributed by atoms with Gasteiger partial charge in [-0.1, -0.05) is 20.8 Å². The van der Waals surface area contributed by atoms with E-state index in [4.69, 9.17) is 4.42 Å². The predicted molar refractivity (Wildman–Crippen MR) is 94.8 cm³/mol. The number of nitrogens with one attached hydrogen (secondary N) is 1. The summed E-state index contributed by atoms with van der Waals surface area (Å²) in [4.78, 5) is 31.1. The average molecular weight is 347 g/mol. The Labute approximate surface area is 145 Å². The van der Waals surface area contributed by atoms with E-state index in [-0.39, 0.29) is 11.8 Å². The zero-order valence-corrected chi connectivity index (χ0v) is 15.1. The maximum Gasteiger partial charge on any atom is 0.248 e. The van der Waals surface area contributed by atoms with E-state index >= 15 is 0 Å². The van der Waals surface area contributed by atoms with Crippen LogP contribution in [0.1, 0.15) is 26.7 Å². The first-order valence-electron chi connectivity index (χ1n) is 7.82. The molecule has 6 nitrogen and oxygen atoms in total. The van der Waals surface area contributed by atoms with Gasteiger partial charge in [-0.25, -0.2) is 4.98 Å². The second kappa shape index (κ2) is 6.12. The maximum atomic E-state index is 12.6. The Hall–Kier alpha value is -2.02. The minimum atomic E-state index is -0.499. The molecule has 0 bridgehead atoms. The number of carbonyl (C=O) groups excluding carboxylic acids is 2. The summed E-state index contributed by atoms with van der Waals surface area (Å²) in [7, 11) is 0. The summed E-state index contributed by atoms with van der Waals surface area (Å²) in [5, 5.41) is 2.89. The highest BCUT2D eigenvalue weighted by Gasteiger charge is 2.39. The highest BCUT2D eigenvalue weighted by molar-refractivity contribution is 7.99. The molecule has 1 N–H and O–H groups in total. The Morgan fingerprint density at radius 2 is 2.12 bits per heavy atom. The van der Waals surface area contributed by atoms with Crippen LogP contribution in [-0.4, -0.2) is 39.4 Å². The van der Waals surface area contributed by atoms with Gasteiger partial charge in [-0.3, -0.25) is 9.59 Å². The minimum Gasteiger partial charge on any atom is -0.441 e. The van der Waals surface area contributed by atoms with Crippen LogP contribution in [0.5, 0.6) is 0 Å². The molecule has 24 heavy (non-hydrogen) atoms. The third-order valence-electron chi connectivity index (χ3n) is 3.85. The molecule has 1 fully saturated rings. The van der Waals surface area contributed by atoms with E-state index in [0.29, 0.717) is 34.3 Å². The number of amides is 2. The first-order valence-corrected chi connectivity index (χ1v) is 8.98. The first kappa shape index (κ1) is 16.8. The Bertz CT molecular complexity index is 794. The fourth-order valence-electron chi connectivity index (χ4n) is 2.64. The van der Waals surface area contributed by atoms with Crippen molar-refractivity contribution in [2.75, 3.05) is 16.9 Å². The van der Waals surface area contributed by atoms with Crippen molar-refractivity contribution in [1.82, 2.24) is 9.88 Å². The number of hydrogen-bond donors (Lipinski definition) is 1. The molecule has 1 saturated heterocycles. The van der Waals surface area contributed by atoms with Crippen LogP contribution in [0.15, 0.2) is 22.6 Å². The number of anilines is 1. The molecule has 2 heterocycles. The molecular weight excluding hydrogens is 326 g/mol. The molecule has 1 aliphatic heterocycles. The van der Waals surface area contributed by atoms with E-state index in [2.05, 4.69) is 10.3 Å². The molecule has 7 heteroatoms. The van der Waals surface area contributed by atoms with Gasteiger partial charge in [0.2, 0.25) is 11.8 Å². The first-order chi connectivity index (χ1) is 11.3. The average Bonchev–Trinajstić information content (AvgIpc) is 3.10. The Balaban J connectivity index is 1.76. The molecule has 0 radical (unpaired) electrons. The second-order valence-corrected chi connectivity index (χ2v) is 7.95. The number of nitrogens with zero attached hydrogens (tertiary/aromatic N) is 2. The van der Waals surface area contributed by atoms with Gasteiger partial charge in [0.05, 0.1) is 5.88 Å². The smallest absolute Gasteiger partial charge is 0.248 e. The monoisotopic (exact) mass is 347 g/mol. The summed E-state index contributed by atoms with van der Waals surface area (Å²) in [6.07, 6.45) is 0. The molecule has 1 unspecified atom stereocenters.